The number of fused-ring (bicyclic) bond motifs is 1. The molecule has 0 saturated heterocycles. The van der Waals surface area contributed by atoms with Crippen molar-refractivity contribution >= 4 is 28.9 Å². The number of hydrogen-bond acceptors (Lipinski definition) is 8. The highest BCUT2D eigenvalue weighted by Gasteiger charge is 2.40. The second-order valence-electron chi connectivity index (χ2n) is 6.42. The highest BCUT2D eigenvalue weighted by atomic mass is 16.7. The van der Waals surface area contributed by atoms with Gasteiger partial charge in [0.15, 0.2) is 5.60 Å². The molecular weight excluding hydrogens is 388 g/mol. The summed E-state index contributed by atoms with van der Waals surface area (Å²) >= 11 is 0. The quantitative estimate of drug-likeness (QED) is 0.372. The lowest BCUT2D eigenvalue weighted by molar-refractivity contribution is -0.170. The first kappa shape index (κ1) is 23.8. The fourth-order valence-corrected chi connectivity index (χ4v) is 2.19. The summed E-state index contributed by atoms with van der Waals surface area (Å²) in [6.07, 6.45) is -1.32. The van der Waals surface area contributed by atoms with Gasteiger partial charge in [0.2, 0.25) is 0 Å². The summed E-state index contributed by atoms with van der Waals surface area (Å²) in [5, 5.41) is 41.8. The van der Waals surface area contributed by atoms with Gasteiger partial charge in [0.25, 0.3) is 0 Å². The Morgan fingerprint density at radius 3 is 2.21 bits per heavy atom. The van der Waals surface area contributed by atoms with Crippen molar-refractivity contribution in [2.75, 3.05) is 27.2 Å². The lowest BCUT2D eigenvalue weighted by Crippen LogP contribution is -2.42. The SMILES string of the molecule is CN(C)CCCOn1nnc2ccccc21.O=C(O)CC(O)(CC(=O)O)C(=O)O. The van der Waals surface area contributed by atoms with Crippen LogP contribution in [-0.4, -0.2) is 91.2 Å². The molecule has 2 rings (SSSR count). The molecule has 1 aromatic heterocycles. The second-order valence-corrected chi connectivity index (χ2v) is 6.42. The molecule has 1 aromatic carbocycles. The first-order chi connectivity index (χ1) is 13.5. The van der Waals surface area contributed by atoms with E-state index in [2.05, 4.69) is 15.2 Å². The summed E-state index contributed by atoms with van der Waals surface area (Å²) in [6.45, 7) is 1.65. The van der Waals surface area contributed by atoms with E-state index in [-0.39, 0.29) is 0 Å². The topological polar surface area (TPSA) is 175 Å². The average Bonchev–Trinajstić information content (AvgIpc) is 3.01. The first-order valence-corrected chi connectivity index (χ1v) is 8.53. The van der Waals surface area contributed by atoms with Gasteiger partial charge in [-0.1, -0.05) is 17.0 Å². The lowest BCUT2D eigenvalue weighted by Gasteiger charge is -2.18. The Morgan fingerprint density at radius 2 is 1.69 bits per heavy atom. The van der Waals surface area contributed by atoms with Crippen molar-refractivity contribution < 1.29 is 39.6 Å². The summed E-state index contributed by atoms with van der Waals surface area (Å²) in [6, 6.07) is 7.75. The third-order valence-electron chi connectivity index (χ3n) is 3.57. The van der Waals surface area contributed by atoms with Crippen LogP contribution in [0.4, 0.5) is 0 Å². The second kappa shape index (κ2) is 10.9. The van der Waals surface area contributed by atoms with Crippen LogP contribution in [0.15, 0.2) is 24.3 Å². The van der Waals surface area contributed by atoms with Crippen LogP contribution in [0.2, 0.25) is 0 Å². The Bertz CT molecular complexity index is 820. The number of nitrogens with zero attached hydrogens (tertiary/aromatic N) is 4. The van der Waals surface area contributed by atoms with Gasteiger partial charge in [0, 0.05) is 6.54 Å². The molecule has 1 heterocycles. The first-order valence-electron chi connectivity index (χ1n) is 8.53. The third kappa shape index (κ3) is 8.11. The summed E-state index contributed by atoms with van der Waals surface area (Å²) in [7, 11) is 4.09. The van der Waals surface area contributed by atoms with E-state index in [1.165, 1.54) is 4.85 Å². The summed E-state index contributed by atoms with van der Waals surface area (Å²) < 4.78 is 0. The van der Waals surface area contributed by atoms with Crippen molar-refractivity contribution in [3.8, 4) is 0 Å². The highest BCUT2D eigenvalue weighted by Crippen LogP contribution is 2.15. The van der Waals surface area contributed by atoms with Crippen LogP contribution in [-0.2, 0) is 14.4 Å². The lowest BCUT2D eigenvalue weighted by atomic mass is 9.96. The molecule has 0 spiro atoms. The van der Waals surface area contributed by atoms with E-state index in [0.29, 0.717) is 6.61 Å². The van der Waals surface area contributed by atoms with Crippen molar-refractivity contribution in [2.45, 2.75) is 24.9 Å². The molecule has 0 atom stereocenters. The number of aliphatic carboxylic acids is 3. The van der Waals surface area contributed by atoms with E-state index in [9.17, 15) is 14.4 Å². The molecule has 12 nitrogen and oxygen atoms in total. The van der Waals surface area contributed by atoms with Gasteiger partial charge in [-0.15, -0.1) is 5.10 Å². The number of carboxylic acids is 3. The van der Waals surface area contributed by atoms with Gasteiger partial charge in [0.05, 0.1) is 12.8 Å². The molecule has 0 fully saturated rings. The predicted molar refractivity (Wildman–Crippen MR) is 99.2 cm³/mol. The largest absolute Gasteiger partial charge is 0.481 e. The van der Waals surface area contributed by atoms with E-state index in [1.807, 2.05) is 38.4 Å². The molecule has 0 bridgehead atoms. The van der Waals surface area contributed by atoms with E-state index in [4.69, 9.17) is 25.3 Å². The minimum Gasteiger partial charge on any atom is -0.481 e. The predicted octanol–water partition coefficient (Wildman–Crippen LogP) is -0.437. The Labute approximate surface area is 165 Å². The van der Waals surface area contributed by atoms with Crippen LogP contribution in [0, 0.1) is 0 Å². The monoisotopic (exact) mass is 412 g/mol. The Balaban J connectivity index is 0.000000298. The number of para-hydroxylation sites is 1. The number of carboxylic acid groups (broad SMARTS) is 3. The summed E-state index contributed by atoms with van der Waals surface area (Å²) in [5.41, 5.74) is -0.972. The highest BCUT2D eigenvalue weighted by molar-refractivity contribution is 5.88. The van der Waals surface area contributed by atoms with Gasteiger partial charge in [-0.25, -0.2) is 4.79 Å². The fourth-order valence-electron chi connectivity index (χ4n) is 2.19. The van der Waals surface area contributed by atoms with Crippen LogP contribution >= 0.6 is 0 Å². The summed E-state index contributed by atoms with van der Waals surface area (Å²) in [5.74, 6) is -5.02. The van der Waals surface area contributed by atoms with E-state index in [0.717, 1.165) is 24.0 Å². The normalized spacial score (nSPS) is 11.0. The molecule has 12 heteroatoms. The minimum atomic E-state index is -2.74. The van der Waals surface area contributed by atoms with E-state index >= 15 is 0 Å². The zero-order valence-corrected chi connectivity index (χ0v) is 16.1. The van der Waals surface area contributed by atoms with Crippen LogP contribution in [0.25, 0.3) is 11.0 Å². The number of aliphatic hydroxyl groups is 1. The molecule has 0 amide bonds. The van der Waals surface area contributed by atoms with Crippen LogP contribution in [0.5, 0.6) is 0 Å². The van der Waals surface area contributed by atoms with Crippen molar-refractivity contribution in [3.63, 3.8) is 0 Å². The van der Waals surface area contributed by atoms with Crippen LogP contribution in [0.3, 0.4) is 0 Å². The molecule has 0 saturated carbocycles. The van der Waals surface area contributed by atoms with Crippen molar-refractivity contribution in [1.82, 2.24) is 20.1 Å². The van der Waals surface area contributed by atoms with Gasteiger partial charge < -0.3 is 30.2 Å². The number of aromatic nitrogens is 3. The molecule has 0 radical (unpaired) electrons. The minimum absolute atomic E-state index is 0.644. The van der Waals surface area contributed by atoms with E-state index < -0.39 is 36.4 Å². The van der Waals surface area contributed by atoms with Crippen molar-refractivity contribution in [2.24, 2.45) is 0 Å². The molecule has 160 valence electrons. The van der Waals surface area contributed by atoms with Gasteiger partial charge >= 0.3 is 17.9 Å². The average molecular weight is 412 g/mol. The maximum absolute atomic E-state index is 10.3. The number of carbonyl (C=O) groups is 3. The van der Waals surface area contributed by atoms with Gasteiger partial charge in [-0.3, -0.25) is 9.59 Å². The smallest absolute Gasteiger partial charge is 0.336 e. The van der Waals surface area contributed by atoms with Crippen molar-refractivity contribution in [1.29, 1.82) is 0 Å². The van der Waals surface area contributed by atoms with Crippen LogP contribution in [0.1, 0.15) is 19.3 Å². The van der Waals surface area contributed by atoms with E-state index in [1.54, 1.807) is 0 Å². The van der Waals surface area contributed by atoms with Gasteiger partial charge in [0.1, 0.15) is 17.6 Å². The zero-order valence-electron chi connectivity index (χ0n) is 16.1. The fraction of sp³-hybridized carbons (Fsp3) is 0.471. The van der Waals surface area contributed by atoms with Gasteiger partial charge in [-0.05, 0) is 37.9 Å². The van der Waals surface area contributed by atoms with Crippen LogP contribution < -0.4 is 4.84 Å². The molecule has 4 N–H and O–H groups in total. The number of benzene rings is 1. The zero-order chi connectivity index (χ0) is 22.0. The summed E-state index contributed by atoms with van der Waals surface area (Å²) in [4.78, 5) is 39.6. The molecule has 29 heavy (non-hydrogen) atoms. The van der Waals surface area contributed by atoms with Crippen molar-refractivity contribution in [3.05, 3.63) is 24.3 Å². The molecule has 0 aliphatic carbocycles. The Kier molecular flexibility index (Phi) is 8.96. The third-order valence-corrected chi connectivity index (χ3v) is 3.57. The molecule has 0 aliphatic heterocycles. The number of hydrogen-bond donors (Lipinski definition) is 4. The molecule has 0 unspecified atom stereocenters. The Morgan fingerprint density at radius 1 is 1.10 bits per heavy atom. The molecule has 0 aliphatic rings. The van der Waals surface area contributed by atoms with Gasteiger partial charge in [-0.2, -0.15) is 0 Å². The Hall–Kier alpha value is -3.25. The molecular formula is C17H24N4O8. The standard InChI is InChI=1S/C11H16N4O.C6H8O7/c1-14(2)8-5-9-16-15-11-7-4-3-6-10(11)12-13-15;7-3(8)1-6(13,5(11)12)2-4(9)10/h3-4,6-7H,5,8-9H2,1-2H3;13H,1-2H2,(H,7,8)(H,9,10)(H,11,12). The maximum atomic E-state index is 10.3. The maximum Gasteiger partial charge on any atom is 0.336 e. The molecule has 2 aromatic rings. The number of rotatable bonds is 10.